The van der Waals surface area contributed by atoms with Crippen LogP contribution in [0.5, 0.6) is 5.75 Å². The lowest BCUT2D eigenvalue weighted by Gasteiger charge is -2.38. The number of hydrogen-bond acceptors (Lipinski definition) is 9. The molecule has 1 aliphatic rings. The van der Waals surface area contributed by atoms with Gasteiger partial charge >= 0.3 is 5.69 Å². The summed E-state index contributed by atoms with van der Waals surface area (Å²) in [5.41, 5.74) is -0.962. The van der Waals surface area contributed by atoms with Crippen molar-refractivity contribution in [3.8, 4) is 5.75 Å². The van der Waals surface area contributed by atoms with Crippen molar-refractivity contribution >= 4 is 17.1 Å². The Balaban J connectivity index is 1.52. The molecule has 4 N–H and O–H groups in total. The van der Waals surface area contributed by atoms with Gasteiger partial charge in [-0.3, -0.25) is 18.7 Å². The minimum atomic E-state index is -1.40. The van der Waals surface area contributed by atoms with E-state index in [9.17, 15) is 29.7 Å². The van der Waals surface area contributed by atoms with Crippen molar-refractivity contribution < 1.29 is 24.9 Å². The number of ether oxygens (including phenoxy) is 1. The topological polar surface area (TPSA) is 174 Å². The van der Waals surface area contributed by atoms with E-state index < -0.39 is 41.5 Å². The second-order valence-electron chi connectivity index (χ2n) is 7.58. The molecule has 13 nitrogen and oxygen atoms in total. The summed E-state index contributed by atoms with van der Waals surface area (Å²) in [6.45, 7) is -0.133. The molecule has 4 rings (SSSR count). The van der Waals surface area contributed by atoms with Gasteiger partial charge in [0, 0.05) is 20.3 Å². The van der Waals surface area contributed by atoms with E-state index in [1.807, 2.05) is 0 Å². The average Bonchev–Trinajstić information content (AvgIpc) is 3.20. The summed E-state index contributed by atoms with van der Waals surface area (Å²) in [6, 6.07) is 1.81. The molecule has 0 aliphatic carbocycles. The number of aryl methyl sites for hydroxylation is 1. The van der Waals surface area contributed by atoms with Gasteiger partial charge in [-0.15, -0.1) is 0 Å². The van der Waals surface area contributed by atoms with Gasteiger partial charge in [-0.1, -0.05) is 0 Å². The van der Waals surface area contributed by atoms with Gasteiger partial charge in [0.25, 0.3) is 11.5 Å². The fourth-order valence-corrected chi connectivity index (χ4v) is 3.75. The lowest BCUT2D eigenvalue weighted by molar-refractivity contribution is -0.152. The van der Waals surface area contributed by atoms with Crippen molar-refractivity contribution in [2.24, 2.45) is 14.1 Å². The van der Waals surface area contributed by atoms with Gasteiger partial charge in [-0.25, -0.2) is 14.8 Å². The van der Waals surface area contributed by atoms with E-state index in [0.717, 1.165) is 4.57 Å². The number of aliphatic hydroxyl groups excluding tert-OH is 2. The largest absolute Gasteiger partial charge is 0.505 e. The number of carbonyl (C=O) groups is 1. The highest BCUT2D eigenvalue weighted by atomic mass is 16.5. The SMILES string of the molecule is Cn1c(=O)c2ncn(C[C@H]3OC[C@@H](NC(=O)c4ncccc4O)[C@H](O)[C@@H]3O)c2n(C)c1=O. The van der Waals surface area contributed by atoms with E-state index >= 15 is 0 Å². The van der Waals surface area contributed by atoms with Crippen molar-refractivity contribution in [1.82, 2.24) is 29.0 Å². The summed E-state index contributed by atoms with van der Waals surface area (Å²) < 4.78 is 9.36. The van der Waals surface area contributed by atoms with Crippen LogP contribution in [-0.2, 0) is 25.4 Å². The number of aromatic hydroxyl groups is 1. The molecule has 170 valence electrons. The van der Waals surface area contributed by atoms with Crippen molar-refractivity contribution in [2.45, 2.75) is 30.9 Å². The van der Waals surface area contributed by atoms with Crippen LogP contribution in [0.1, 0.15) is 10.5 Å². The van der Waals surface area contributed by atoms with Crippen molar-refractivity contribution in [2.75, 3.05) is 6.61 Å². The van der Waals surface area contributed by atoms with Crippen LogP contribution in [0.3, 0.4) is 0 Å². The molecule has 13 heteroatoms. The minimum Gasteiger partial charge on any atom is -0.505 e. The van der Waals surface area contributed by atoms with Crippen LogP contribution in [0.25, 0.3) is 11.2 Å². The van der Waals surface area contributed by atoms with Crippen LogP contribution in [0.4, 0.5) is 0 Å². The molecule has 0 aromatic carbocycles. The van der Waals surface area contributed by atoms with E-state index in [2.05, 4.69) is 15.3 Å². The fraction of sp³-hybridized carbons (Fsp3) is 0.421. The number of aromatic nitrogens is 5. The number of nitrogens with zero attached hydrogens (tertiary/aromatic N) is 5. The molecule has 32 heavy (non-hydrogen) atoms. The molecule has 0 radical (unpaired) electrons. The summed E-state index contributed by atoms with van der Waals surface area (Å²) in [5, 5.41) is 33.4. The highest BCUT2D eigenvalue weighted by Gasteiger charge is 2.40. The van der Waals surface area contributed by atoms with Crippen molar-refractivity contribution in [3.05, 3.63) is 51.2 Å². The van der Waals surface area contributed by atoms with Gasteiger partial charge in [-0.05, 0) is 12.1 Å². The molecule has 4 atom stereocenters. The average molecular weight is 446 g/mol. The Morgan fingerprint density at radius 1 is 1.22 bits per heavy atom. The number of pyridine rings is 1. The lowest BCUT2D eigenvalue weighted by Crippen LogP contribution is -2.60. The van der Waals surface area contributed by atoms with Gasteiger partial charge in [-0.2, -0.15) is 0 Å². The fourth-order valence-electron chi connectivity index (χ4n) is 3.75. The van der Waals surface area contributed by atoms with Crippen LogP contribution in [-0.4, -0.2) is 75.9 Å². The molecule has 4 heterocycles. The van der Waals surface area contributed by atoms with E-state index in [-0.39, 0.29) is 35.8 Å². The van der Waals surface area contributed by atoms with Crippen LogP contribution in [0, 0.1) is 0 Å². The van der Waals surface area contributed by atoms with Crippen molar-refractivity contribution in [1.29, 1.82) is 0 Å². The van der Waals surface area contributed by atoms with Gasteiger partial charge in [0.15, 0.2) is 11.2 Å². The number of amides is 1. The summed E-state index contributed by atoms with van der Waals surface area (Å²) in [5.74, 6) is -1.05. The molecule has 3 aromatic rings. The Hall–Kier alpha value is -3.55. The zero-order chi connectivity index (χ0) is 23.2. The van der Waals surface area contributed by atoms with Crippen LogP contribution < -0.4 is 16.6 Å². The number of carbonyl (C=O) groups excluding carboxylic acids is 1. The third kappa shape index (κ3) is 3.55. The smallest absolute Gasteiger partial charge is 0.332 e. The Morgan fingerprint density at radius 2 is 1.97 bits per heavy atom. The predicted octanol–water partition coefficient (Wildman–Crippen LogP) is -2.55. The standard InChI is InChI=1S/C19H22N6O7/c1-23-17-13(18(30)24(2)19(23)31)21-8-25(17)6-11-15(28)14(27)9(7-32-11)22-16(29)12-10(26)4-3-5-20-12/h3-5,8-9,11,14-15,26-28H,6-7H2,1-2H3,(H,22,29)/t9-,11-,14+,15-/m1/s1. The van der Waals surface area contributed by atoms with Gasteiger partial charge in [0.05, 0.1) is 25.5 Å². The summed E-state index contributed by atoms with van der Waals surface area (Å²) in [7, 11) is 2.85. The monoisotopic (exact) mass is 446 g/mol. The van der Waals surface area contributed by atoms with Crippen LogP contribution >= 0.6 is 0 Å². The number of rotatable bonds is 4. The van der Waals surface area contributed by atoms with E-state index in [4.69, 9.17) is 4.74 Å². The third-order valence-corrected chi connectivity index (χ3v) is 5.54. The molecular formula is C19H22N6O7. The molecule has 1 aliphatic heterocycles. The summed E-state index contributed by atoms with van der Waals surface area (Å²) in [4.78, 5) is 44.8. The van der Waals surface area contributed by atoms with Gasteiger partial charge in [0.1, 0.15) is 29.7 Å². The zero-order valence-corrected chi connectivity index (χ0v) is 17.2. The van der Waals surface area contributed by atoms with Gasteiger partial charge in [0.2, 0.25) is 0 Å². The third-order valence-electron chi connectivity index (χ3n) is 5.54. The highest BCUT2D eigenvalue weighted by Crippen LogP contribution is 2.20. The first-order valence-electron chi connectivity index (χ1n) is 9.74. The quantitative estimate of drug-likeness (QED) is 0.336. The minimum absolute atomic E-state index is 0.00311. The number of hydrogen-bond donors (Lipinski definition) is 4. The number of aliphatic hydroxyl groups is 2. The van der Waals surface area contributed by atoms with E-state index in [1.54, 1.807) is 0 Å². The Labute approximate surface area is 180 Å². The molecule has 3 aromatic heterocycles. The zero-order valence-electron chi connectivity index (χ0n) is 17.2. The lowest BCUT2D eigenvalue weighted by atomic mass is 9.97. The summed E-state index contributed by atoms with van der Waals surface area (Å²) >= 11 is 0. The molecule has 0 spiro atoms. The number of fused-ring (bicyclic) bond motifs is 1. The maximum atomic E-state index is 12.3. The molecule has 1 fully saturated rings. The molecule has 0 saturated carbocycles. The maximum Gasteiger partial charge on any atom is 0.332 e. The number of imidazole rings is 1. The van der Waals surface area contributed by atoms with E-state index in [0.29, 0.717) is 0 Å². The highest BCUT2D eigenvalue weighted by molar-refractivity contribution is 5.95. The Morgan fingerprint density at radius 3 is 2.69 bits per heavy atom. The molecular weight excluding hydrogens is 424 g/mol. The second-order valence-corrected chi connectivity index (χ2v) is 7.58. The molecule has 0 unspecified atom stereocenters. The maximum absolute atomic E-state index is 12.3. The Kier molecular flexibility index (Phi) is 5.54. The van der Waals surface area contributed by atoms with Crippen LogP contribution in [0.15, 0.2) is 34.2 Å². The first-order valence-corrected chi connectivity index (χ1v) is 9.74. The Bertz CT molecular complexity index is 1300. The van der Waals surface area contributed by atoms with Crippen LogP contribution in [0.2, 0.25) is 0 Å². The number of nitrogens with one attached hydrogen (secondary N) is 1. The second kappa shape index (κ2) is 8.18. The molecule has 1 amide bonds. The predicted molar refractivity (Wildman–Crippen MR) is 109 cm³/mol. The summed E-state index contributed by atoms with van der Waals surface area (Å²) in [6.07, 6.45) is -0.991. The molecule has 1 saturated heterocycles. The molecule has 0 bridgehead atoms. The normalized spacial score (nSPS) is 23.4. The van der Waals surface area contributed by atoms with Crippen molar-refractivity contribution in [3.63, 3.8) is 0 Å². The van der Waals surface area contributed by atoms with E-state index in [1.165, 1.54) is 47.9 Å². The van der Waals surface area contributed by atoms with Gasteiger partial charge < -0.3 is 29.9 Å². The first-order chi connectivity index (χ1) is 15.2. The first kappa shape index (κ1) is 21.7.